The van der Waals surface area contributed by atoms with E-state index in [4.69, 9.17) is 14.8 Å². The fourth-order valence-electron chi connectivity index (χ4n) is 4.23. The number of hydrogen-bond acceptors (Lipinski definition) is 7. The first-order valence-electron chi connectivity index (χ1n) is 10.9. The maximum absolute atomic E-state index is 13.2. The van der Waals surface area contributed by atoms with Gasteiger partial charge in [-0.05, 0) is 42.8 Å². The van der Waals surface area contributed by atoms with E-state index in [0.29, 0.717) is 23.1 Å². The van der Waals surface area contributed by atoms with Crippen LogP contribution in [0, 0.1) is 0 Å². The number of urea groups is 1. The largest absolute Gasteiger partial charge is 0.491 e. The topological polar surface area (TPSA) is 111 Å². The molecule has 2 atom stereocenters. The van der Waals surface area contributed by atoms with Gasteiger partial charge in [-0.3, -0.25) is 10.2 Å². The third kappa shape index (κ3) is 4.33. The van der Waals surface area contributed by atoms with Gasteiger partial charge in [0.05, 0.1) is 24.0 Å². The van der Waals surface area contributed by atoms with E-state index in [0.717, 1.165) is 30.8 Å². The molecule has 2 bridgehead atoms. The molecule has 1 unspecified atom stereocenters. The number of amides is 2. The molecule has 4 heterocycles. The number of anilines is 3. The molecule has 0 spiro atoms. The van der Waals surface area contributed by atoms with E-state index in [-0.39, 0.29) is 25.3 Å². The number of fused-ring (bicyclic) bond motifs is 4. The van der Waals surface area contributed by atoms with Crippen molar-refractivity contribution in [3.8, 4) is 17.0 Å². The highest BCUT2D eigenvalue weighted by molar-refractivity contribution is 6.04. The standard InChI is InChI=1S/C24H25N5O4/c30-14-18(31)15-33-19-5-3-4-16(12-19)20-7-8-21-23(26-20)29(17-9-11-28(21)13-17)24(32)27-22-6-1-2-10-25-22/h1-8,10,12,17-18,30-31H,9,11,13-15H2,(H,25,27,32)/t17-,18?/m0/s1. The lowest BCUT2D eigenvalue weighted by molar-refractivity contribution is 0.0536. The highest BCUT2D eigenvalue weighted by atomic mass is 16.5. The molecule has 1 fully saturated rings. The summed E-state index contributed by atoms with van der Waals surface area (Å²) in [4.78, 5) is 26.3. The molecular formula is C24H25N5O4. The fourth-order valence-corrected chi connectivity index (χ4v) is 4.23. The zero-order valence-corrected chi connectivity index (χ0v) is 18.0. The third-order valence-corrected chi connectivity index (χ3v) is 5.85. The average molecular weight is 447 g/mol. The molecule has 0 aliphatic carbocycles. The van der Waals surface area contributed by atoms with Crippen molar-refractivity contribution >= 4 is 23.4 Å². The predicted molar refractivity (Wildman–Crippen MR) is 125 cm³/mol. The Morgan fingerprint density at radius 3 is 2.94 bits per heavy atom. The van der Waals surface area contributed by atoms with Crippen molar-refractivity contribution in [1.82, 2.24) is 9.97 Å². The lowest BCUT2D eigenvalue weighted by Gasteiger charge is -2.35. The molecule has 5 rings (SSSR count). The molecule has 1 aromatic carbocycles. The molecule has 2 amide bonds. The van der Waals surface area contributed by atoms with E-state index in [9.17, 15) is 9.90 Å². The van der Waals surface area contributed by atoms with Crippen molar-refractivity contribution in [3.05, 3.63) is 60.8 Å². The lowest BCUT2D eigenvalue weighted by Crippen LogP contribution is -2.48. The van der Waals surface area contributed by atoms with Crippen molar-refractivity contribution in [2.24, 2.45) is 0 Å². The highest BCUT2D eigenvalue weighted by Crippen LogP contribution is 2.40. The number of hydrogen-bond donors (Lipinski definition) is 3. The average Bonchev–Trinajstić information content (AvgIpc) is 3.27. The summed E-state index contributed by atoms with van der Waals surface area (Å²) in [7, 11) is 0. The minimum absolute atomic E-state index is 0.00429. The highest BCUT2D eigenvalue weighted by Gasteiger charge is 2.40. The van der Waals surface area contributed by atoms with E-state index in [1.807, 2.05) is 36.4 Å². The van der Waals surface area contributed by atoms with Gasteiger partial charge >= 0.3 is 6.03 Å². The van der Waals surface area contributed by atoms with Gasteiger partial charge in [-0.15, -0.1) is 0 Å². The fraction of sp³-hybridized carbons (Fsp3) is 0.292. The van der Waals surface area contributed by atoms with Crippen LogP contribution in [0.5, 0.6) is 5.75 Å². The molecule has 2 aromatic heterocycles. The Kier molecular flexibility index (Phi) is 5.80. The van der Waals surface area contributed by atoms with E-state index in [2.05, 4.69) is 15.2 Å². The van der Waals surface area contributed by atoms with E-state index >= 15 is 0 Å². The summed E-state index contributed by atoms with van der Waals surface area (Å²) >= 11 is 0. The number of aliphatic hydroxyl groups excluding tert-OH is 2. The first-order chi connectivity index (χ1) is 16.1. The van der Waals surface area contributed by atoms with Crippen LogP contribution in [0.3, 0.4) is 0 Å². The van der Waals surface area contributed by atoms with Crippen LogP contribution in [0.1, 0.15) is 6.42 Å². The molecule has 9 nitrogen and oxygen atoms in total. The zero-order valence-electron chi connectivity index (χ0n) is 18.0. The molecular weight excluding hydrogens is 422 g/mol. The Morgan fingerprint density at radius 2 is 2.12 bits per heavy atom. The van der Waals surface area contributed by atoms with Gasteiger partial charge in [0.2, 0.25) is 0 Å². The van der Waals surface area contributed by atoms with Gasteiger partial charge in [0, 0.05) is 24.8 Å². The minimum atomic E-state index is -0.939. The molecule has 2 aliphatic rings. The zero-order chi connectivity index (χ0) is 22.8. The normalized spacial score (nSPS) is 17.5. The second-order valence-corrected chi connectivity index (χ2v) is 8.12. The van der Waals surface area contributed by atoms with Crippen molar-refractivity contribution in [3.63, 3.8) is 0 Å². The molecule has 0 radical (unpaired) electrons. The second-order valence-electron chi connectivity index (χ2n) is 8.12. The van der Waals surface area contributed by atoms with Crippen LogP contribution in [-0.2, 0) is 0 Å². The van der Waals surface area contributed by atoms with Gasteiger partial charge in [0.1, 0.15) is 24.3 Å². The van der Waals surface area contributed by atoms with Crippen molar-refractivity contribution in [2.45, 2.75) is 18.6 Å². The number of carbonyl (C=O) groups excluding carboxylic acids is 1. The van der Waals surface area contributed by atoms with E-state index < -0.39 is 6.10 Å². The van der Waals surface area contributed by atoms with Crippen LogP contribution in [0.4, 0.5) is 22.1 Å². The maximum Gasteiger partial charge on any atom is 0.329 e. The Bertz CT molecular complexity index is 1140. The van der Waals surface area contributed by atoms with Crippen LogP contribution in [0.25, 0.3) is 11.3 Å². The van der Waals surface area contributed by atoms with Crippen molar-refractivity contribution in [2.75, 3.05) is 41.4 Å². The number of rotatable bonds is 6. The third-order valence-electron chi connectivity index (χ3n) is 5.85. The Morgan fingerprint density at radius 1 is 1.21 bits per heavy atom. The molecule has 3 N–H and O–H groups in total. The number of aliphatic hydroxyl groups is 2. The molecule has 9 heteroatoms. The lowest BCUT2D eigenvalue weighted by atomic mass is 10.1. The Hall–Kier alpha value is -3.69. The molecule has 0 saturated carbocycles. The molecule has 3 aromatic rings. The maximum atomic E-state index is 13.2. The number of nitrogens with zero attached hydrogens (tertiary/aromatic N) is 4. The monoisotopic (exact) mass is 447 g/mol. The molecule has 170 valence electrons. The number of carbonyl (C=O) groups is 1. The summed E-state index contributed by atoms with van der Waals surface area (Å²) in [5.41, 5.74) is 2.47. The molecule has 2 aliphatic heterocycles. The SMILES string of the molecule is O=C(Nc1ccccn1)N1c2nc(-c3cccc(OCC(O)CO)c3)ccc2N2CC[C@H]1C2. The number of ether oxygens (including phenoxy) is 1. The summed E-state index contributed by atoms with van der Waals surface area (Å²) in [5.74, 6) is 1.68. The number of benzene rings is 1. The first-order valence-corrected chi connectivity index (χ1v) is 10.9. The summed E-state index contributed by atoms with van der Waals surface area (Å²) in [6.07, 6.45) is 1.58. The van der Waals surface area contributed by atoms with E-state index in [1.54, 1.807) is 29.3 Å². The first kappa shape index (κ1) is 21.2. The number of aromatic nitrogens is 2. The van der Waals surface area contributed by atoms with Crippen LogP contribution in [0.15, 0.2) is 60.8 Å². The van der Waals surface area contributed by atoms with Gasteiger partial charge in [-0.1, -0.05) is 18.2 Å². The summed E-state index contributed by atoms with van der Waals surface area (Å²) in [6.45, 7) is 1.29. The van der Waals surface area contributed by atoms with Crippen LogP contribution in [-0.4, -0.2) is 64.7 Å². The van der Waals surface area contributed by atoms with Crippen LogP contribution >= 0.6 is 0 Å². The Balaban J connectivity index is 1.45. The van der Waals surface area contributed by atoms with Gasteiger partial charge in [-0.25, -0.2) is 14.8 Å². The molecule has 1 saturated heterocycles. The van der Waals surface area contributed by atoms with E-state index in [1.165, 1.54) is 0 Å². The van der Waals surface area contributed by atoms with Crippen molar-refractivity contribution < 1.29 is 19.7 Å². The second kappa shape index (κ2) is 9.05. The van der Waals surface area contributed by atoms with Crippen LogP contribution in [0.2, 0.25) is 0 Å². The number of nitrogens with one attached hydrogen (secondary N) is 1. The van der Waals surface area contributed by atoms with Crippen molar-refractivity contribution in [1.29, 1.82) is 0 Å². The van der Waals surface area contributed by atoms with Gasteiger partial charge < -0.3 is 19.8 Å². The Labute approximate surface area is 191 Å². The predicted octanol–water partition coefficient (Wildman–Crippen LogP) is 2.51. The molecule has 33 heavy (non-hydrogen) atoms. The minimum Gasteiger partial charge on any atom is -0.491 e. The van der Waals surface area contributed by atoms with Gasteiger partial charge in [0.15, 0.2) is 5.82 Å². The van der Waals surface area contributed by atoms with Crippen LogP contribution < -0.4 is 19.9 Å². The smallest absolute Gasteiger partial charge is 0.329 e. The quantitative estimate of drug-likeness (QED) is 0.532. The summed E-state index contributed by atoms with van der Waals surface area (Å²) in [5, 5.41) is 21.4. The van der Waals surface area contributed by atoms with Gasteiger partial charge in [0.25, 0.3) is 0 Å². The summed E-state index contributed by atoms with van der Waals surface area (Å²) < 4.78 is 5.58. The summed E-state index contributed by atoms with van der Waals surface area (Å²) in [6, 6.07) is 16.5. The van der Waals surface area contributed by atoms with Gasteiger partial charge in [-0.2, -0.15) is 0 Å². The number of pyridine rings is 2.